The topological polar surface area (TPSA) is 27.1 Å². The van der Waals surface area contributed by atoms with Crippen LogP contribution < -0.4 is 4.74 Å². The van der Waals surface area contributed by atoms with Gasteiger partial charge in [0, 0.05) is 24.9 Å². The van der Waals surface area contributed by atoms with E-state index in [0.29, 0.717) is 5.88 Å². The normalized spacial score (nSPS) is 14.9. The largest absolute Gasteiger partial charge is 0.497 e. The van der Waals surface area contributed by atoms with E-state index in [2.05, 4.69) is 10.6 Å². The van der Waals surface area contributed by atoms with Gasteiger partial charge in [-0.2, -0.15) is 0 Å². The molecule has 0 unspecified atom stereocenters. The van der Waals surface area contributed by atoms with Crippen molar-refractivity contribution >= 4 is 22.6 Å². The zero-order valence-electron chi connectivity index (χ0n) is 11.9. The number of aryl methyl sites for hydroxylation is 2. The first kappa shape index (κ1) is 13.7. The van der Waals surface area contributed by atoms with Crippen molar-refractivity contribution in [2.45, 2.75) is 38.6 Å². The number of hydrogen-bond donors (Lipinski definition) is 0. The van der Waals surface area contributed by atoms with Crippen LogP contribution in [-0.2, 0) is 13.0 Å². The fourth-order valence-electron chi connectivity index (χ4n) is 2.75. The molecule has 3 rings (SSSR count). The third kappa shape index (κ3) is 2.93. The van der Waals surface area contributed by atoms with Gasteiger partial charge in [0.05, 0.1) is 18.1 Å². The monoisotopic (exact) mass is 292 g/mol. The van der Waals surface area contributed by atoms with Gasteiger partial charge in [0.2, 0.25) is 0 Å². The van der Waals surface area contributed by atoms with E-state index < -0.39 is 0 Å². The molecule has 0 bridgehead atoms. The third-order valence-electron chi connectivity index (χ3n) is 4.04. The zero-order valence-corrected chi connectivity index (χ0v) is 12.7. The van der Waals surface area contributed by atoms with E-state index >= 15 is 0 Å². The number of imidazole rings is 1. The summed E-state index contributed by atoms with van der Waals surface area (Å²) in [6, 6.07) is 6.08. The van der Waals surface area contributed by atoms with Crippen LogP contribution in [0.4, 0.5) is 0 Å². The Morgan fingerprint density at radius 1 is 1.40 bits per heavy atom. The first-order valence-electron chi connectivity index (χ1n) is 7.41. The summed E-state index contributed by atoms with van der Waals surface area (Å²) in [5, 5.41) is 0. The van der Waals surface area contributed by atoms with Gasteiger partial charge in [-0.1, -0.05) is 12.8 Å². The maximum Gasteiger partial charge on any atom is 0.121 e. The van der Waals surface area contributed by atoms with Crippen LogP contribution in [0.1, 0.15) is 31.5 Å². The molecule has 1 saturated carbocycles. The van der Waals surface area contributed by atoms with Gasteiger partial charge in [-0.25, -0.2) is 4.98 Å². The number of nitrogens with zero attached hydrogens (tertiary/aromatic N) is 2. The number of aromatic nitrogens is 2. The second-order valence-corrected chi connectivity index (χ2v) is 5.94. The van der Waals surface area contributed by atoms with Crippen LogP contribution in [0, 0.1) is 5.92 Å². The average molecular weight is 293 g/mol. The number of fused-ring (bicyclic) bond motifs is 1. The average Bonchev–Trinajstić information content (AvgIpc) is 3.22. The molecular formula is C16H21ClN2O. The molecule has 20 heavy (non-hydrogen) atoms. The maximum absolute atomic E-state index is 5.91. The molecule has 2 aromatic rings. The van der Waals surface area contributed by atoms with E-state index in [9.17, 15) is 0 Å². The summed E-state index contributed by atoms with van der Waals surface area (Å²) < 4.78 is 7.65. The Balaban J connectivity index is 1.88. The molecular weight excluding hydrogens is 272 g/mol. The standard InChI is InChI=1S/C16H21ClN2O/c1-20-13-6-7-14-15(11-13)19(16(18-14)8-9-17)10-2-3-12-4-5-12/h6-7,11-12H,2-5,8-10H2,1H3. The summed E-state index contributed by atoms with van der Waals surface area (Å²) in [4.78, 5) is 4.71. The number of benzene rings is 1. The van der Waals surface area contributed by atoms with E-state index in [4.69, 9.17) is 21.3 Å². The van der Waals surface area contributed by atoms with Crippen LogP contribution >= 0.6 is 11.6 Å². The lowest BCUT2D eigenvalue weighted by Gasteiger charge is -2.09. The highest BCUT2D eigenvalue weighted by atomic mass is 35.5. The first-order chi connectivity index (χ1) is 9.81. The van der Waals surface area contributed by atoms with Crippen LogP contribution in [-0.4, -0.2) is 22.5 Å². The first-order valence-corrected chi connectivity index (χ1v) is 7.94. The van der Waals surface area contributed by atoms with Crippen LogP contribution in [0.15, 0.2) is 18.2 Å². The number of alkyl halides is 1. The molecule has 1 aromatic carbocycles. The Bertz CT molecular complexity index is 589. The van der Waals surface area contributed by atoms with Crippen LogP contribution in [0.2, 0.25) is 0 Å². The number of rotatable bonds is 7. The second kappa shape index (κ2) is 6.04. The summed E-state index contributed by atoms with van der Waals surface area (Å²) in [5.74, 6) is 3.58. The highest BCUT2D eigenvalue weighted by Gasteiger charge is 2.20. The van der Waals surface area contributed by atoms with E-state index in [1.54, 1.807) is 7.11 Å². The Morgan fingerprint density at radius 2 is 2.25 bits per heavy atom. The lowest BCUT2D eigenvalue weighted by molar-refractivity contribution is 0.415. The summed E-state index contributed by atoms with van der Waals surface area (Å²) in [6.07, 6.45) is 6.23. The Labute approximate surface area is 124 Å². The summed E-state index contributed by atoms with van der Waals surface area (Å²) in [5.41, 5.74) is 2.21. The van der Waals surface area contributed by atoms with Crippen molar-refractivity contribution in [3.05, 3.63) is 24.0 Å². The minimum Gasteiger partial charge on any atom is -0.497 e. The number of hydrogen-bond acceptors (Lipinski definition) is 2. The lowest BCUT2D eigenvalue weighted by Crippen LogP contribution is -2.05. The molecule has 0 saturated heterocycles. The molecule has 108 valence electrons. The van der Waals surface area contributed by atoms with Gasteiger partial charge in [-0.3, -0.25) is 0 Å². The van der Waals surface area contributed by atoms with Crippen molar-refractivity contribution in [1.82, 2.24) is 9.55 Å². The van der Waals surface area contributed by atoms with Crippen molar-refractivity contribution < 1.29 is 4.74 Å². The summed E-state index contributed by atoms with van der Waals surface area (Å²) >= 11 is 5.91. The fraction of sp³-hybridized carbons (Fsp3) is 0.562. The molecule has 0 spiro atoms. The Kier molecular flexibility index (Phi) is 4.16. The second-order valence-electron chi connectivity index (χ2n) is 5.56. The predicted octanol–water partition coefficient (Wildman–Crippen LogP) is 4.02. The van der Waals surface area contributed by atoms with Gasteiger partial charge in [0.1, 0.15) is 11.6 Å². The molecule has 0 amide bonds. The number of methoxy groups -OCH3 is 1. The molecule has 0 aliphatic heterocycles. The Morgan fingerprint density at radius 3 is 2.95 bits per heavy atom. The van der Waals surface area contributed by atoms with Crippen LogP contribution in [0.25, 0.3) is 11.0 Å². The molecule has 1 aliphatic carbocycles. The SMILES string of the molecule is COc1ccc2nc(CCCl)n(CCCC3CC3)c2c1. The molecule has 1 aromatic heterocycles. The molecule has 0 N–H and O–H groups in total. The zero-order chi connectivity index (χ0) is 13.9. The van der Waals surface area contributed by atoms with Gasteiger partial charge < -0.3 is 9.30 Å². The van der Waals surface area contributed by atoms with Gasteiger partial charge in [-0.15, -0.1) is 11.6 Å². The van der Waals surface area contributed by atoms with Gasteiger partial charge in [0.15, 0.2) is 0 Å². The van der Waals surface area contributed by atoms with Crippen molar-refractivity contribution in [3.63, 3.8) is 0 Å². The van der Waals surface area contributed by atoms with E-state index in [0.717, 1.165) is 36.0 Å². The molecule has 4 heteroatoms. The Hall–Kier alpha value is -1.22. The highest BCUT2D eigenvalue weighted by molar-refractivity contribution is 6.17. The minimum atomic E-state index is 0.614. The molecule has 0 radical (unpaired) electrons. The quantitative estimate of drug-likeness (QED) is 0.721. The van der Waals surface area contributed by atoms with E-state index in [-0.39, 0.29) is 0 Å². The molecule has 1 aliphatic rings. The maximum atomic E-state index is 5.91. The molecule has 1 fully saturated rings. The van der Waals surface area contributed by atoms with Crippen molar-refractivity contribution in [2.75, 3.05) is 13.0 Å². The predicted molar refractivity (Wildman–Crippen MR) is 82.7 cm³/mol. The number of halogens is 1. The van der Waals surface area contributed by atoms with Gasteiger partial charge in [-0.05, 0) is 30.9 Å². The smallest absolute Gasteiger partial charge is 0.121 e. The van der Waals surface area contributed by atoms with Crippen LogP contribution in [0.3, 0.4) is 0 Å². The van der Waals surface area contributed by atoms with Crippen molar-refractivity contribution in [2.24, 2.45) is 5.92 Å². The lowest BCUT2D eigenvalue weighted by atomic mass is 10.2. The van der Waals surface area contributed by atoms with E-state index in [1.165, 1.54) is 31.2 Å². The fourth-order valence-corrected chi connectivity index (χ4v) is 2.92. The molecule has 3 nitrogen and oxygen atoms in total. The molecule has 1 heterocycles. The van der Waals surface area contributed by atoms with Crippen LogP contribution in [0.5, 0.6) is 5.75 Å². The third-order valence-corrected chi connectivity index (χ3v) is 4.23. The number of ether oxygens (including phenoxy) is 1. The van der Waals surface area contributed by atoms with Gasteiger partial charge >= 0.3 is 0 Å². The van der Waals surface area contributed by atoms with E-state index in [1.807, 2.05) is 12.1 Å². The van der Waals surface area contributed by atoms with Gasteiger partial charge in [0.25, 0.3) is 0 Å². The van der Waals surface area contributed by atoms with Crippen molar-refractivity contribution in [1.29, 1.82) is 0 Å². The molecule has 0 atom stereocenters. The minimum absolute atomic E-state index is 0.614. The highest BCUT2D eigenvalue weighted by Crippen LogP contribution is 2.34. The van der Waals surface area contributed by atoms with Crippen molar-refractivity contribution in [3.8, 4) is 5.75 Å². The summed E-state index contributed by atoms with van der Waals surface area (Å²) in [7, 11) is 1.70. The summed E-state index contributed by atoms with van der Waals surface area (Å²) in [6.45, 7) is 1.03.